The van der Waals surface area contributed by atoms with Crippen molar-refractivity contribution in [3.8, 4) is 11.5 Å². The van der Waals surface area contributed by atoms with Crippen molar-refractivity contribution in [2.45, 2.75) is 25.7 Å². The number of ether oxygens (including phenoxy) is 2. The van der Waals surface area contributed by atoms with Crippen molar-refractivity contribution in [3.05, 3.63) is 77.6 Å². The fourth-order valence-electron chi connectivity index (χ4n) is 4.05. The van der Waals surface area contributed by atoms with Crippen molar-refractivity contribution < 1.29 is 19.1 Å². The van der Waals surface area contributed by atoms with Crippen LogP contribution in [0.3, 0.4) is 0 Å². The maximum Gasteiger partial charge on any atom is 0.259 e. The number of carbonyl (C=O) groups is 2. The van der Waals surface area contributed by atoms with Crippen molar-refractivity contribution in [3.63, 3.8) is 0 Å². The number of hydrogen-bond donors (Lipinski definition) is 1. The van der Waals surface area contributed by atoms with E-state index in [0.29, 0.717) is 36.4 Å². The number of nitrogens with zero attached hydrogens (tertiary/aromatic N) is 2. The summed E-state index contributed by atoms with van der Waals surface area (Å²) in [5, 5.41) is 2.98. The van der Waals surface area contributed by atoms with Gasteiger partial charge in [0.15, 0.2) is 11.5 Å². The molecular weight excluding hydrogens is 418 g/mol. The van der Waals surface area contributed by atoms with Crippen LogP contribution in [-0.2, 0) is 17.6 Å². The van der Waals surface area contributed by atoms with Crippen molar-refractivity contribution in [2.24, 2.45) is 0 Å². The Labute approximate surface area is 193 Å². The molecule has 4 rings (SSSR count). The van der Waals surface area contributed by atoms with Crippen LogP contribution in [0.15, 0.2) is 60.9 Å². The van der Waals surface area contributed by atoms with Crippen LogP contribution in [0.25, 0.3) is 0 Å². The summed E-state index contributed by atoms with van der Waals surface area (Å²) in [5.74, 6) is 1.19. The first kappa shape index (κ1) is 22.3. The molecule has 2 amide bonds. The Morgan fingerprint density at radius 1 is 1.06 bits per heavy atom. The van der Waals surface area contributed by atoms with Crippen LogP contribution in [0.1, 0.15) is 34.3 Å². The molecule has 0 bridgehead atoms. The second-order valence-electron chi connectivity index (χ2n) is 7.88. The molecule has 0 fully saturated rings. The average Bonchev–Trinajstić information content (AvgIpc) is 2.86. The summed E-state index contributed by atoms with van der Waals surface area (Å²) >= 11 is 0. The Morgan fingerprint density at radius 3 is 2.67 bits per heavy atom. The van der Waals surface area contributed by atoms with E-state index in [1.165, 1.54) is 0 Å². The largest absolute Gasteiger partial charge is 0.493 e. The van der Waals surface area contributed by atoms with Gasteiger partial charge in [-0.25, -0.2) is 0 Å². The van der Waals surface area contributed by atoms with E-state index in [4.69, 9.17) is 9.47 Å². The number of amides is 2. The Morgan fingerprint density at radius 2 is 1.91 bits per heavy atom. The van der Waals surface area contributed by atoms with E-state index in [2.05, 4.69) is 10.3 Å². The number of fused-ring (bicyclic) bond motifs is 1. The quantitative estimate of drug-likeness (QED) is 0.588. The molecule has 7 heteroatoms. The van der Waals surface area contributed by atoms with E-state index in [-0.39, 0.29) is 11.8 Å². The van der Waals surface area contributed by atoms with Crippen LogP contribution < -0.4 is 19.7 Å². The maximum absolute atomic E-state index is 12.9. The summed E-state index contributed by atoms with van der Waals surface area (Å²) < 4.78 is 10.6. The molecule has 33 heavy (non-hydrogen) atoms. The lowest BCUT2D eigenvalue weighted by atomic mass is 10.00. The molecule has 2 heterocycles. The van der Waals surface area contributed by atoms with Gasteiger partial charge in [-0.05, 0) is 72.9 Å². The van der Waals surface area contributed by atoms with Gasteiger partial charge >= 0.3 is 0 Å². The molecule has 0 atom stereocenters. The fourth-order valence-corrected chi connectivity index (χ4v) is 4.05. The van der Waals surface area contributed by atoms with Crippen molar-refractivity contribution in [1.82, 2.24) is 4.98 Å². The molecule has 2 aromatic carbocycles. The SMILES string of the molecule is COc1ccc(CCC(=O)Nc2ccc3c(c2)CCCN3C(=O)c2cccnc2)cc1OC. The number of hydrogen-bond acceptors (Lipinski definition) is 5. The summed E-state index contributed by atoms with van der Waals surface area (Å²) in [5.41, 5.74) is 4.24. The number of benzene rings is 2. The molecule has 0 radical (unpaired) electrons. The van der Waals surface area contributed by atoms with E-state index in [1.54, 1.807) is 43.6 Å². The van der Waals surface area contributed by atoms with Gasteiger partial charge in [-0.3, -0.25) is 14.6 Å². The molecule has 0 unspecified atom stereocenters. The monoisotopic (exact) mass is 445 g/mol. The number of rotatable bonds is 7. The molecule has 0 saturated carbocycles. The number of aryl methyl sites for hydroxylation is 2. The van der Waals surface area contributed by atoms with Gasteiger partial charge in [0, 0.05) is 36.7 Å². The summed E-state index contributed by atoms with van der Waals surface area (Å²) in [6, 6.07) is 14.9. The third-order valence-electron chi connectivity index (χ3n) is 5.72. The zero-order chi connectivity index (χ0) is 23.2. The van der Waals surface area contributed by atoms with Crippen LogP contribution in [0.4, 0.5) is 11.4 Å². The highest BCUT2D eigenvalue weighted by atomic mass is 16.5. The van der Waals surface area contributed by atoms with Gasteiger partial charge in [0.05, 0.1) is 19.8 Å². The van der Waals surface area contributed by atoms with E-state index in [9.17, 15) is 9.59 Å². The van der Waals surface area contributed by atoms with Crippen LogP contribution >= 0.6 is 0 Å². The minimum absolute atomic E-state index is 0.0595. The van der Waals surface area contributed by atoms with Crippen LogP contribution in [-0.4, -0.2) is 37.6 Å². The molecule has 0 saturated heterocycles. The zero-order valence-electron chi connectivity index (χ0n) is 18.8. The highest BCUT2D eigenvalue weighted by molar-refractivity contribution is 6.06. The van der Waals surface area contributed by atoms with Gasteiger partial charge in [0.1, 0.15) is 0 Å². The first-order valence-electron chi connectivity index (χ1n) is 10.9. The molecule has 3 aromatic rings. The molecular formula is C26H27N3O4. The molecule has 7 nitrogen and oxygen atoms in total. The van der Waals surface area contributed by atoms with Gasteiger partial charge in [-0.15, -0.1) is 0 Å². The van der Waals surface area contributed by atoms with E-state index in [0.717, 1.165) is 35.3 Å². The number of pyridine rings is 1. The average molecular weight is 446 g/mol. The molecule has 1 aliphatic heterocycles. The summed E-state index contributed by atoms with van der Waals surface area (Å²) in [7, 11) is 3.19. The molecule has 170 valence electrons. The Bertz CT molecular complexity index is 1150. The number of aromatic nitrogens is 1. The Kier molecular flexibility index (Phi) is 6.88. The smallest absolute Gasteiger partial charge is 0.259 e. The zero-order valence-corrected chi connectivity index (χ0v) is 18.8. The maximum atomic E-state index is 12.9. The van der Waals surface area contributed by atoms with Gasteiger partial charge in [0.25, 0.3) is 5.91 Å². The molecule has 0 aliphatic carbocycles. The first-order chi connectivity index (χ1) is 16.1. The van der Waals surface area contributed by atoms with E-state index in [1.807, 2.05) is 36.4 Å². The van der Waals surface area contributed by atoms with Gasteiger partial charge in [-0.1, -0.05) is 6.07 Å². The fraction of sp³-hybridized carbons (Fsp3) is 0.269. The van der Waals surface area contributed by atoms with Crippen molar-refractivity contribution >= 4 is 23.2 Å². The highest BCUT2D eigenvalue weighted by Crippen LogP contribution is 2.31. The van der Waals surface area contributed by atoms with Crippen molar-refractivity contribution in [2.75, 3.05) is 31.0 Å². The lowest BCUT2D eigenvalue weighted by Gasteiger charge is -2.30. The van der Waals surface area contributed by atoms with Crippen LogP contribution in [0, 0.1) is 0 Å². The summed E-state index contributed by atoms with van der Waals surface area (Å²) in [6.07, 6.45) is 5.91. The second kappa shape index (κ2) is 10.2. The lowest BCUT2D eigenvalue weighted by Crippen LogP contribution is -2.35. The third kappa shape index (κ3) is 5.14. The minimum Gasteiger partial charge on any atom is -0.493 e. The van der Waals surface area contributed by atoms with Gasteiger partial charge in [0.2, 0.25) is 5.91 Å². The minimum atomic E-state index is -0.0659. The topological polar surface area (TPSA) is 80.8 Å². The highest BCUT2D eigenvalue weighted by Gasteiger charge is 2.24. The molecule has 1 N–H and O–H groups in total. The lowest BCUT2D eigenvalue weighted by molar-refractivity contribution is -0.116. The van der Waals surface area contributed by atoms with Crippen LogP contribution in [0.5, 0.6) is 11.5 Å². The van der Waals surface area contributed by atoms with Gasteiger partial charge in [-0.2, -0.15) is 0 Å². The number of nitrogens with one attached hydrogen (secondary N) is 1. The Balaban J connectivity index is 1.40. The predicted octanol–water partition coefficient (Wildman–Crippen LogP) is 4.26. The molecule has 1 aromatic heterocycles. The number of methoxy groups -OCH3 is 2. The second-order valence-corrected chi connectivity index (χ2v) is 7.88. The summed E-state index contributed by atoms with van der Waals surface area (Å²) in [6.45, 7) is 0.664. The molecule has 1 aliphatic rings. The predicted molar refractivity (Wildman–Crippen MR) is 127 cm³/mol. The number of anilines is 2. The number of carbonyl (C=O) groups excluding carboxylic acids is 2. The van der Waals surface area contributed by atoms with Crippen LogP contribution in [0.2, 0.25) is 0 Å². The van der Waals surface area contributed by atoms with Gasteiger partial charge < -0.3 is 19.7 Å². The standard InChI is InChI=1S/C26H27N3O4/c1-32-23-11-7-18(15-24(23)33-2)8-12-25(30)28-21-9-10-22-19(16-21)6-4-14-29(22)26(31)20-5-3-13-27-17-20/h3,5,7,9-11,13,15-17H,4,6,8,12,14H2,1-2H3,(H,28,30). The normalized spacial score (nSPS) is 12.6. The first-order valence-corrected chi connectivity index (χ1v) is 10.9. The summed E-state index contributed by atoms with van der Waals surface area (Å²) in [4.78, 5) is 31.3. The molecule has 0 spiro atoms. The third-order valence-corrected chi connectivity index (χ3v) is 5.72. The van der Waals surface area contributed by atoms with E-state index < -0.39 is 0 Å². The van der Waals surface area contributed by atoms with E-state index >= 15 is 0 Å². The van der Waals surface area contributed by atoms with Crippen molar-refractivity contribution in [1.29, 1.82) is 0 Å². The Hall–Kier alpha value is -3.87.